The predicted molar refractivity (Wildman–Crippen MR) is 95.9 cm³/mol. The Hall–Kier alpha value is -3.47. The smallest absolute Gasteiger partial charge is 0.170 e. The van der Waals surface area contributed by atoms with Crippen molar-refractivity contribution in [2.75, 3.05) is 5.73 Å². The van der Waals surface area contributed by atoms with Gasteiger partial charge in [-0.3, -0.25) is 4.57 Å². The topological polar surface area (TPSA) is 69.6 Å². The normalized spacial score (nSPS) is 11.8. The fraction of sp³-hybridized carbons (Fsp3) is 0. The second-order valence-corrected chi connectivity index (χ2v) is 5.35. The number of nitrogens with zero attached hydrogens (tertiary/aromatic N) is 4. The summed E-state index contributed by atoms with van der Waals surface area (Å²) < 4.78 is 1.94. The molecular formula is C19H15N5. The van der Waals surface area contributed by atoms with Gasteiger partial charge < -0.3 is 5.73 Å². The third kappa shape index (κ3) is 2.52. The summed E-state index contributed by atoms with van der Waals surface area (Å²) in [5.74, 6) is 0.380. The fourth-order valence-electron chi connectivity index (χ4n) is 2.64. The summed E-state index contributed by atoms with van der Waals surface area (Å²) in [7, 11) is 0. The molecule has 5 nitrogen and oxygen atoms in total. The van der Waals surface area contributed by atoms with E-state index in [4.69, 9.17) is 5.73 Å². The minimum absolute atomic E-state index is 0.380. The number of fused-ring (bicyclic) bond motifs is 1. The van der Waals surface area contributed by atoms with Crippen molar-refractivity contribution in [2.45, 2.75) is 0 Å². The van der Waals surface area contributed by atoms with E-state index in [9.17, 15) is 0 Å². The average molecular weight is 313 g/mol. The average Bonchev–Trinajstić information content (AvgIpc) is 3.07. The van der Waals surface area contributed by atoms with Crippen LogP contribution in [0.3, 0.4) is 0 Å². The minimum Gasteiger partial charge on any atom is -0.382 e. The summed E-state index contributed by atoms with van der Waals surface area (Å²) >= 11 is 0. The molecule has 5 heteroatoms. The fourth-order valence-corrected chi connectivity index (χ4v) is 2.64. The zero-order valence-electron chi connectivity index (χ0n) is 12.9. The van der Waals surface area contributed by atoms with E-state index >= 15 is 0 Å². The van der Waals surface area contributed by atoms with E-state index in [1.165, 1.54) is 6.33 Å². The summed E-state index contributed by atoms with van der Waals surface area (Å²) in [6.07, 6.45) is 5.30. The number of anilines is 1. The first-order valence-corrected chi connectivity index (χ1v) is 7.59. The van der Waals surface area contributed by atoms with Crippen LogP contribution in [-0.4, -0.2) is 19.5 Å². The summed E-state index contributed by atoms with van der Waals surface area (Å²) in [4.78, 5) is 12.7. The van der Waals surface area contributed by atoms with Crippen molar-refractivity contribution in [3.8, 4) is 0 Å². The van der Waals surface area contributed by atoms with Crippen LogP contribution in [0.15, 0.2) is 73.3 Å². The maximum Gasteiger partial charge on any atom is 0.170 e. The van der Waals surface area contributed by atoms with Crippen LogP contribution in [0, 0.1) is 0 Å². The lowest BCUT2D eigenvalue weighted by Gasteiger charge is -2.10. The standard InChI is InChI=1S/C19H15N5/c20-18-17-19(22-12-21-18)24(13-23-17)16(15-9-5-2-6-10-15)11-14-7-3-1-4-8-14/h1-13H,(H2,20,21,22). The first-order valence-electron chi connectivity index (χ1n) is 7.59. The molecule has 2 aromatic carbocycles. The molecule has 116 valence electrons. The maximum atomic E-state index is 5.91. The molecule has 0 saturated carbocycles. The highest BCUT2D eigenvalue weighted by Crippen LogP contribution is 2.25. The van der Waals surface area contributed by atoms with E-state index in [2.05, 4.69) is 45.3 Å². The van der Waals surface area contributed by atoms with Gasteiger partial charge in [-0.2, -0.15) is 0 Å². The quantitative estimate of drug-likeness (QED) is 0.588. The Labute approximate surface area is 139 Å². The highest BCUT2D eigenvalue weighted by atomic mass is 15.1. The lowest BCUT2D eigenvalue weighted by molar-refractivity contribution is 1.09. The Morgan fingerprint density at radius 2 is 1.58 bits per heavy atom. The van der Waals surface area contributed by atoms with Gasteiger partial charge in [-0.1, -0.05) is 60.7 Å². The first-order chi connectivity index (χ1) is 11.8. The highest BCUT2D eigenvalue weighted by Gasteiger charge is 2.12. The van der Waals surface area contributed by atoms with Crippen molar-refractivity contribution >= 4 is 28.8 Å². The Bertz CT molecular complexity index is 1000. The molecule has 2 aromatic heterocycles. The predicted octanol–water partition coefficient (Wildman–Crippen LogP) is 3.45. The van der Waals surface area contributed by atoms with E-state index in [0.717, 1.165) is 16.8 Å². The SMILES string of the molecule is Nc1ncnc2c1ncn2C(=Cc1ccccc1)c1ccccc1. The number of nitrogens with two attached hydrogens (primary N) is 1. The molecular weight excluding hydrogens is 298 g/mol. The molecule has 0 atom stereocenters. The van der Waals surface area contributed by atoms with E-state index in [0.29, 0.717) is 17.0 Å². The molecule has 0 unspecified atom stereocenters. The Kier molecular flexibility index (Phi) is 3.51. The van der Waals surface area contributed by atoms with E-state index in [1.807, 2.05) is 41.0 Å². The lowest BCUT2D eigenvalue weighted by atomic mass is 10.1. The third-order valence-electron chi connectivity index (χ3n) is 3.79. The van der Waals surface area contributed by atoms with Crippen LogP contribution in [0.1, 0.15) is 11.1 Å². The number of aromatic nitrogens is 4. The van der Waals surface area contributed by atoms with Crippen molar-refractivity contribution in [2.24, 2.45) is 0 Å². The third-order valence-corrected chi connectivity index (χ3v) is 3.79. The highest BCUT2D eigenvalue weighted by molar-refractivity contribution is 5.90. The molecule has 0 amide bonds. The monoisotopic (exact) mass is 313 g/mol. The van der Waals surface area contributed by atoms with Crippen LogP contribution in [0.4, 0.5) is 5.82 Å². The van der Waals surface area contributed by atoms with Crippen molar-refractivity contribution < 1.29 is 0 Å². The summed E-state index contributed by atoms with van der Waals surface area (Å²) in [6.45, 7) is 0. The van der Waals surface area contributed by atoms with Crippen LogP contribution < -0.4 is 5.73 Å². The minimum atomic E-state index is 0.380. The van der Waals surface area contributed by atoms with Gasteiger partial charge in [-0.15, -0.1) is 0 Å². The Morgan fingerprint density at radius 3 is 2.33 bits per heavy atom. The zero-order valence-corrected chi connectivity index (χ0v) is 12.9. The second-order valence-electron chi connectivity index (χ2n) is 5.35. The molecule has 0 bridgehead atoms. The van der Waals surface area contributed by atoms with Gasteiger partial charge in [0.05, 0.1) is 5.70 Å². The molecule has 2 N–H and O–H groups in total. The number of imidazole rings is 1. The number of rotatable bonds is 3. The Balaban J connectivity index is 1.96. The molecule has 0 aliphatic heterocycles. The molecule has 0 saturated heterocycles. The zero-order chi connectivity index (χ0) is 16.4. The van der Waals surface area contributed by atoms with Crippen molar-refractivity contribution in [1.29, 1.82) is 0 Å². The van der Waals surface area contributed by atoms with Gasteiger partial charge in [-0.25, -0.2) is 15.0 Å². The molecule has 4 aromatic rings. The van der Waals surface area contributed by atoms with Crippen molar-refractivity contribution in [1.82, 2.24) is 19.5 Å². The Morgan fingerprint density at radius 1 is 0.875 bits per heavy atom. The van der Waals surface area contributed by atoms with Crippen LogP contribution >= 0.6 is 0 Å². The summed E-state index contributed by atoms with van der Waals surface area (Å²) in [6, 6.07) is 20.3. The van der Waals surface area contributed by atoms with Gasteiger partial charge in [0.2, 0.25) is 0 Å². The molecule has 2 heterocycles. The van der Waals surface area contributed by atoms with Gasteiger partial charge in [0.1, 0.15) is 12.7 Å². The lowest BCUT2D eigenvalue weighted by Crippen LogP contribution is -2.00. The van der Waals surface area contributed by atoms with Gasteiger partial charge >= 0.3 is 0 Å². The van der Waals surface area contributed by atoms with Crippen LogP contribution in [0.5, 0.6) is 0 Å². The molecule has 0 spiro atoms. The van der Waals surface area contributed by atoms with Crippen molar-refractivity contribution in [3.63, 3.8) is 0 Å². The van der Waals surface area contributed by atoms with E-state index < -0.39 is 0 Å². The van der Waals surface area contributed by atoms with Gasteiger partial charge in [-0.05, 0) is 17.2 Å². The first kappa shape index (κ1) is 14.1. The number of hydrogen-bond acceptors (Lipinski definition) is 4. The maximum absolute atomic E-state index is 5.91. The molecule has 0 fully saturated rings. The van der Waals surface area contributed by atoms with Gasteiger partial charge in [0, 0.05) is 0 Å². The molecule has 0 radical (unpaired) electrons. The van der Waals surface area contributed by atoms with Gasteiger partial charge in [0.25, 0.3) is 0 Å². The molecule has 0 aliphatic rings. The number of benzene rings is 2. The molecule has 24 heavy (non-hydrogen) atoms. The number of hydrogen-bond donors (Lipinski definition) is 1. The van der Waals surface area contributed by atoms with Crippen LogP contribution in [0.25, 0.3) is 22.9 Å². The van der Waals surface area contributed by atoms with Crippen molar-refractivity contribution in [3.05, 3.63) is 84.4 Å². The summed E-state index contributed by atoms with van der Waals surface area (Å²) in [5, 5.41) is 0. The largest absolute Gasteiger partial charge is 0.382 e. The number of nitrogen functional groups attached to an aromatic ring is 1. The molecule has 0 aliphatic carbocycles. The summed E-state index contributed by atoms with van der Waals surface area (Å²) in [5.41, 5.74) is 10.3. The second kappa shape index (κ2) is 5.96. The van der Waals surface area contributed by atoms with Crippen LogP contribution in [0.2, 0.25) is 0 Å². The van der Waals surface area contributed by atoms with Gasteiger partial charge in [0.15, 0.2) is 17.0 Å². The van der Waals surface area contributed by atoms with E-state index in [-0.39, 0.29) is 0 Å². The molecule has 4 rings (SSSR count). The van der Waals surface area contributed by atoms with E-state index in [1.54, 1.807) is 6.33 Å². The van der Waals surface area contributed by atoms with Crippen LogP contribution in [-0.2, 0) is 0 Å².